The topological polar surface area (TPSA) is 118 Å². The molecule has 2 amide bonds. The second kappa shape index (κ2) is 9.64. The van der Waals surface area contributed by atoms with Crippen LogP contribution in [-0.4, -0.2) is 53.3 Å². The van der Waals surface area contributed by atoms with Gasteiger partial charge in [0.25, 0.3) is 5.91 Å². The minimum Gasteiger partial charge on any atom is -0.373 e. The van der Waals surface area contributed by atoms with Gasteiger partial charge in [0, 0.05) is 30.9 Å². The van der Waals surface area contributed by atoms with E-state index in [4.69, 9.17) is 9.26 Å². The number of benzene rings is 1. The summed E-state index contributed by atoms with van der Waals surface area (Å²) < 4.78 is 11.5. The second-order valence-electron chi connectivity index (χ2n) is 8.80. The fraction of sp³-hybridized carbons (Fsp3) is 0.360. The van der Waals surface area contributed by atoms with Crippen molar-refractivity contribution in [2.24, 2.45) is 0 Å². The summed E-state index contributed by atoms with van der Waals surface area (Å²) in [6.45, 7) is 6.70. The third-order valence-corrected chi connectivity index (χ3v) is 5.82. The number of fused-ring (bicyclic) bond motifs is 1. The third kappa shape index (κ3) is 4.65. The Morgan fingerprint density at radius 3 is 2.85 bits per heavy atom. The summed E-state index contributed by atoms with van der Waals surface area (Å²) in [7, 11) is 1.67. The molecule has 0 saturated carbocycles. The van der Waals surface area contributed by atoms with Crippen LogP contribution in [0.25, 0.3) is 11.1 Å². The van der Waals surface area contributed by atoms with Crippen LogP contribution in [0, 0.1) is 6.92 Å². The molecular formula is C25H28N4O5. The molecule has 3 aromatic rings. The molecule has 0 atom stereocenters. The van der Waals surface area contributed by atoms with Gasteiger partial charge in [-0.1, -0.05) is 25.1 Å². The van der Waals surface area contributed by atoms with E-state index in [1.165, 1.54) is 4.90 Å². The number of anilines is 1. The van der Waals surface area contributed by atoms with Crippen molar-refractivity contribution in [1.82, 2.24) is 15.0 Å². The summed E-state index contributed by atoms with van der Waals surface area (Å²) in [5, 5.41) is 7.09. The molecule has 34 heavy (non-hydrogen) atoms. The molecule has 1 aliphatic rings. The summed E-state index contributed by atoms with van der Waals surface area (Å²) in [5.74, 6) is 0.608. The molecule has 0 spiro atoms. The fourth-order valence-corrected chi connectivity index (χ4v) is 4.08. The molecule has 1 aromatic carbocycles. The van der Waals surface area contributed by atoms with Gasteiger partial charge in [-0.25, -0.2) is 0 Å². The zero-order valence-electron chi connectivity index (χ0n) is 19.7. The lowest BCUT2D eigenvalue weighted by atomic mass is 9.96. The van der Waals surface area contributed by atoms with Gasteiger partial charge >= 0.3 is 0 Å². The van der Waals surface area contributed by atoms with Crippen molar-refractivity contribution in [2.45, 2.75) is 39.7 Å². The van der Waals surface area contributed by atoms with E-state index < -0.39 is 0 Å². The zero-order chi connectivity index (χ0) is 24.4. The van der Waals surface area contributed by atoms with Gasteiger partial charge in [0.15, 0.2) is 6.29 Å². The lowest BCUT2D eigenvalue weighted by molar-refractivity contribution is -0.115. The molecule has 9 nitrogen and oxygen atoms in total. The Morgan fingerprint density at radius 1 is 1.32 bits per heavy atom. The molecule has 0 saturated heterocycles. The van der Waals surface area contributed by atoms with Crippen molar-refractivity contribution in [3.05, 3.63) is 58.2 Å². The average Bonchev–Trinajstić information content (AvgIpc) is 3.50. The number of likely N-dealkylation sites (N-methyl/N-ethyl adjacent to an activating group) is 1. The van der Waals surface area contributed by atoms with E-state index in [1.807, 2.05) is 32.0 Å². The molecule has 2 aromatic heterocycles. The van der Waals surface area contributed by atoms with Crippen molar-refractivity contribution < 1.29 is 23.6 Å². The quantitative estimate of drug-likeness (QED) is 0.368. The molecule has 0 fully saturated rings. The van der Waals surface area contributed by atoms with Crippen LogP contribution in [0.15, 0.2) is 28.8 Å². The summed E-state index contributed by atoms with van der Waals surface area (Å²) in [6.07, 6.45) is 0.998. The highest BCUT2D eigenvalue weighted by atomic mass is 16.5. The third-order valence-electron chi connectivity index (χ3n) is 5.82. The van der Waals surface area contributed by atoms with Gasteiger partial charge in [0.05, 0.1) is 36.5 Å². The van der Waals surface area contributed by atoms with Gasteiger partial charge in [-0.15, -0.1) is 0 Å². The van der Waals surface area contributed by atoms with E-state index in [2.05, 4.69) is 15.5 Å². The van der Waals surface area contributed by atoms with E-state index in [9.17, 15) is 14.4 Å². The Morgan fingerprint density at radius 2 is 2.12 bits per heavy atom. The predicted octanol–water partition coefficient (Wildman–Crippen LogP) is 3.70. The number of aromatic amines is 1. The summed E-state index contributed by atoms with van der Waals surface area (Å²) in [6, 6.07) is 7.50. The van der Waals surface area contributed by atoms with Crippen LogP contribution in [0.3, 0.4) is 0 Å². The molecular weight excluding hydrogens is 436 g/mol. The van der Waals surface area contributed by atoms with Gasteiger partial charge in [-0.3, -0.25) is 14.4 Å². The molecule has 9 heteroatoms. The van der Waals surface area contributed by atoms with E-state index in [0.717, 1.165) is 33.8 Å². The van der Waals surface area contributed by atoms with Gasteiger partial charge in [-0.05, 0) is 36.2 Å². The van der Waals surface area contributed by atoms with E-state index in [0.29, 0.717) is 30.5 Å². The van der Waals surface area contributed by atoms with Crippen LogP contribution < -0.4 is 5.32 Å². The second-order valence-corrected chi connectivity index (χ2v) is 8.80. The van der Waals surface area contributed by atoms with Crippen LogP contribution in [0.5, 0.6) is 0 Å². The van der Waals surface area contributed by atoms with Gasteiger partial charge < -0.3 is 24.5 Å². The molecule has 2 N–H and O–H groups in total. The fourth-order valence-electron chi connectivity index (χ4n) is 4.08. The number of nitrogens with zero attached hydrogens (tertiary/aromatic N) is 2. The summed E-state index contributed by atoms with van der Waals surface area (Å²) in [5.41, 5.74) is 5.61. The summed E-state index contributed by atoms with van der Waals surface area (Å²) in [4.78, 5) is 40.0. The number of hydrogen-bond acceptors (Lipinski definition) is 6. The van der Waals surface area contributed by atoms with Crippen LogP contribution in [-0.2, 0) is 22.6 Å². The number of carbonyl (C=O) groups is 3. The number of H-pyrrole nitrogens is 1. The SMILES string of the molecule is Cc1cc(C(=O)N(C)CCOCc2noc(C(C)C)c2-c2ccc3c(c2)CC(=O)N3)c(C=O)[nH]1. The maximum Gasteiger partial charge on any atom is 0.255 e. The number of aldehydes is 1. The van der Waals surface area contributed by atoms with Gasteiger partial charge in [0.2, 0.25) is 5.91 Å². The highest BCUT2D eigenvalue weighted by molar-refractivity contribution is 6.01. The molecule has 178 valence electrons. The van der Waals surface area contributed by atoms with Crippen molar-refractivity contribution >= 4 is 23.8 Å². The van der Waals surface area contributed by atoms with Crippen LogP contribution in [0.1, 0.15) is 63.3 Å². The lowest BCUT2D eigenvalue weighted by Crippen LogP contribution is -2.30. The number of hydrogen-bond donors (Lipinski definition) is 2. The van der Waals surface area contributed by atoms with Gasteiger partial charge in [-0.2, -0.15) is 0 Å². The molecule has 0 bridgehead atoms. The molecule has 4 rings (SSSR count). The van der Waals surface area contributed by atoms with E-state index >= 15 is 0 Å². The Balaban J connectivity index is 1.43. The number of amides is 2. The minimum atomic E-state index is -0.249. The number of rotatable bonds is 9. The van der Waals surface area contributed by atoms with Crippen LogP contribution in [0.2, 0.25) is 0 Å². The average molecular weight is 465 g/mol. The first-order chi connectivity index (χ1) is 16.3. The molecule has 1 aliphatic heterocycles. The molecule has 0 aliphatic carbocycles. The first kappa shape index (κ1) is 23.4. The van der Waals surface area contributed by atoms with Crippen molar-refractivity contribution in [1.29, 1.82) is 0 Å². The highest BCUT2D eigenvalue weighted by Gasteiger charge is 2.24. The summed E-state index contributed by atoms with van der Waals surface area (Å²) >= 11 is 0. The number of ether oxygens (including phenoxy) is 1. The van der Waals surface area contributed by atoms with E-state index in [-0.39, 0.29) is 36.6 Å². The Bertz CT molecular complexity index is 1240. The first-order valence-electron chi connectivity index (χ1n) is 11.2. The standard InChI is InChI=1S/C25H28N4O5/c1-14(2)24-23(16-5-6-19-17(10-16)11-22(31)27-19)21(28-34-24)13-33-8-7-29(4)25(32)18-9-15(3)26-20(18)12-30/h5-6,9-10,12,14,26H,7-8,11,13H2,1-4H3,(H,27,31). The molecule has 0 radical (unpaired) electrons. The Labute approximate surface area is 197 Å². The number of aromatic nitrogens is 2. The normalized spacial score (nSPS) is 12.7. The predicted molar refractivity (Wildman–Crippen MR) is 126 cm³/mol. The van der Waals surface area contributed by atoms with Crippen molar-refractivity contribution in [3.63, 3.8) is 0 Å². The molecule has 0 unspecified atom stereocenters. The zero-order valence-corrected chi connectivity index (χ0v) is 19.7. The highest BCUT2D eigenvalue weighted by Crippen LogP contribution is 2.36. The van der Waals surface area contributed by atoms with E-state index in [1.54, 1.807) is 20.0 Å². The maximum absolute atomic E-state index is 12.7. The van der Waals surface area contributed by atoms with Crippen LogP contribution >= 0.6 is 0 Å². The minimum absolute atomic E-state index is 0.0150. The smallest absolute Gasteiger partial charge is 0.255 e. The lowest BCUT2D eigenvalue weighted by Gasteiger charge is -2.17. The van der Waals surface area contributed by atoms with Crippen molar-refractivity contribution in [3.8, 4) is 11.1 Å². The monoisotopic (exact) mass is 464 g/mol. The Kier molecular flexibility index (Phi) is 6.65. The Hall–Kier alpha value is -3.72. The number of aryl methyl sites for hydroxylation is 1. The maximum atomic E-state index is 12.7. The number of nitrogens with one attached hydrogen (secondary N) is 2. The first-order valence-corrected chi connectivity index (χ1v) is 11.2. The largest absolute Gasteiger partial charge is 0.373 e. The van der Waals surface area contributed by atoms with Crippen molar-refractivity contribution in [2.75, 3.05) is 25.5 Å². The van der Waals surface area contributed by atoms with Gasteiger partial charge in [0.1, 0.15) is 11.5 Å². The molecule has 3 heterocycles. The van der Waals surface area contributed by atoms with Crippen LogP contribution in [0.4, 0.5) is 5.69 Å². The number of carbonyl (C=O) groups excluding carboxylic acids is 3.